The minimum atomic E-state index is 0.142. The first-order valence-electron chi connectivity index (χ1n) is 10.0. The standard InChI is InChI=1S/C21H34N4O2/c1-16(2)15-27-12-6-11-23-21(22-3)24-14-17-7-4-10-19(13-17)25-20(26)18-8-5-9-18/h4,7,10,13,16,18H,5-6,8-9,11-12,14-15H2,1-3H3,(H,25,26)(H2,22,23,24). The number of anilines is 1. The van der Waals surface area contributed by atoms with E-state index in [0.717, 1.165) is 62.7 Å². The third-order valence-corrected chi connectivity index (χ3v) is 4.56. The van der Waals surface area contributed by atoms with Crippen molar-refractivity contribution in [1.29, 1.82) is 0 Å². The number of carbonyl (C=O) groups is 1. The molecule has 0 aromatic heterocycles. The van der Waals surface area contributed by atoms with Crippen molar-refractivity contribution in [3.05, 3.63) is 29.8 Å². The monoisotopic (exact) mass is 374 g/mol. The molecule has 1 aliphatic carbocycles. The average molecular weight is 375 g/mol. The van der Waals surface area contributed by atoms with Crippen molar-refractivity contribution < 1.29 is 9.53 Å². The van der Waals surface area contributed by atoms with Gasteiger partial charge in [-0.2, -0.15) is 0 Å². The summed E-state index contributed by atoms with van der Waals surface area (Å²) in [4.78, 5) is 16.3. The van der Waals surface area contributed by atoms with Gasteiger partial charge in [-0.3, -0.25) is 9.79 Å². The normalized spacial score (nSPS) is 14.7. The van der Waals surface area contributed by atoms with E-state index in [1.807, 2.05) is 24.3 Å². The van der Waals surface area contributed by atoms with Gasteiger partial charge in [-0.25, -0.2) is 0 Å². The van der Waals surface area contributed by atoms with Crippen molar-refractivity contribution in [2.24, 2.45) is 16.8 Å². The maximum atomic E-state index is 12.1. The van der Waals surface area contributed by atoms with E-state index in [9.17, 15) is 4.79 Å². The number of ether oxygens (including phenoxy) is 1. The smallest absolute Gasteiger partial charge is 0.227 e. The molecule has 0 bridgehead atoms. The molecule has 1 aromatic carbocycles. The molecule has 1 fully saturated rings. The van der Waals surface area contributed by atoms with Crippen LogP contribution in [0, 0.1) is 11.8 Å². The molecule has 0 unspecified atom stereocenters. The quantitative estimate of drug-likeness (QED) is 0.334. The number of guanidine groups is 1. The molecule has 6 nitrogen and oxygen atoms in total. The zero-order valence-electron chi connectivity index (χ0n) is 16.9. The average Bonchev–Trinajstić information content (AvgIpc) is 2.59. The largest absolute Gasteiger partial charge is 0.381 e. The molecule has 1 amide bonds. The fourth-order valence-corrected chi connectivity index (χ4v) is 2.78. The van der Waals surface area contributed by atoms with E-state index in [0.29, 0.717) is 12.5 Å². The lowest BCUT2D eigenvalue weighted by molar-refractivity contribution is -0.122. The van der Waals surface area contributed by atoms with Gasteiger partial charge < -0.3 is 20.7 Å². The highest BCUT2D eigenvalue weighted by Crippen LogP contribution is 2.27. The lowest BCUT2D eigenvalue weighted by atomic mass is 9.85. The summed E-state index contributed by atoms with van der Waals surface area (Å²) in [7, 11) is 1.76. The number of rotatable bonds is 10. The minimum Gasteiger partial charge on any atom is -0.381 e. The number of aliphatic imine (C=N–C) groups is 1. The van der Waals surface area contributed by atoms with Crippen LogP contribution in [0.5, 0.6) is 0 Å². The van der Waals surface area contributed by atoms with Crippen LogP contribution in [0.15, 0.2) is 29.3 Å². The molecule has 1 aromatic rings. The van der Waals surface area contributed by atoms with Crippen LogP contribution in [0.1, 0.15) is 45.1 Å². The van der Waals surface area contributed by atoms with Crippen LogP contribution in [0.25, 0.3) is 0 Å². The lowest BCUT2D eigenvalue weighted by Crippen LogP contribution is -2.37. The Morgan fingerprint density at radius 2 is 2.11 bits per heavy atom. The lowest BCUT2D eigenvalue weighted by Gasteiger charge is -2.24. The summed E-state index contributed by atoms with van der Waals surface area (Å²) < 4.78 is 5.58. The molecule has 1 aliphatic rings. The van der Waals surface area contributed by atoms with Crippen LogP contribution in [0.4, 0.5) is 5.69 Å². The Morgan fingerprint density at radius 1 is 1.30 bits per heavy atom. The van der Waals surface area contributed by atoms with Gasteiger partial charge in [0.2, 0.25) is 5.91 Å². The Kier molecular flexibility index (Phi) is 9.11. The summed E-state index contributed by atoms with van der Waals surface area (Å²) in [5, 5.41) is 9.62. The van der Waals surface area contributed by atoms with E-state index in [2.05, 4.69) is 34.8 Å². The Bertz CT molecular complexity index is 612. The molecule has 1 saturated carbocycles. The molecule has 6 heteroatoms. The van der Waals surface area contributed by atoms with Gasteiger partial charge >= 0.3 is 0 Å². The number of nitrogens with zero attached hydrogens (tertiary/aromatic N) is 1. The van der Waals surface area contributed by atoms with Crippen LogP contribution < -0.4 is 16.0 Å². The highest BCUT2D eigenvalue weighted by molar-refractivity contribution is 5.93. The van der Waals surface area contributed by atoms with E-state index in [-0.39, 0.29) is 11.8 Å². The molecule has 0 aliphatic heterocycles. The number of hydrogen-bond acceptors (Lipinski definition) is 3. The summed E-state index contributed by atoms with van der Waals surface area (Å²) in [6.45, 7) is 7.33. The van der Waals surface area contributed by atoms with Gasteiger partial charge in [-0.15, -0.1) is 0 Å². The summed E-state index contributed by atoms with van der Waals surface area (Å²) in [5.74, 6) is 1.67. The number of carbonyl (C=O) groups excluding carboxylic acids is 1. The summed E-state index contributed by atoms with van der Waals surface area (Å²) in [5.41, 5.74) is 1.96. The zero-order chi connectivity index (χ0) is 19.5. The van der Waals surface area contributed by atoms with Gasteiger partial charge in [0.15, 0.2) is 5.96 Å². The maximum absolute atomic E-state index is 12.1. The highest BCUT2D eigenvalue weighted by Gasteiger charge is 2.25. The zero-order valence-corrected chi connectivity index (χ0v) is 16.9. The minimum absolute atomic E-state index is 0.142. The van der Waals surface area contributed by atoms with Gasteiger partial charge in [0.25, 0.3) is 0 Å². The molecule has 0 spiro atoms. The van der Waals surface area contributed by atoms with E-state index in [4.69, 9.17) is 4.74 Å². The highest BCUT2D eigenvalue weighted by atomic mass is 16.5. The topological polar surface area (TPSA) is 74.8 Å². The Balaban J connectivity index is 1.69. The number of hydrogen-bond donors (Lipinski definition) is 3. The summed E-state index contributed by atoms with van der Waals surface area (Å²) in [6, 6.07) is 7.95. The molecule has 0 saturated heterocycles. The van der Waals surface area contributed by atoms with Gasteiger partial charge in [0, 0.05) is 45.0 Å². The van der Waals surface area contributed by atoms with Crippen molar-refractivity contribution in [2.75, 3.05) is 32.1 Å². The van der Waals surface area contributed by atoms with Gasteiger partial charge in [-0.05, 0) is 42.9 Å². The van der Waals surface area contributed by atoms with E-state index in [1.54, 1.807) is 7.05 Å². The Hall–Kier alpha value is -2.08. The maximum Gasteiger partial charge on any atom is 0.227 e. The second-order valence-corrected chi connectivity index (χ2v) is 7.49. The van der Waals surface area contributed by atoms with E-state index >= 15 is 0 Å². The summed E-state index contributed by atoms with van der Waals surface area (Å²) in [6.07, 6.45) is 4.13. The van der Waals surface area contributed by atoms with Crippen molar-refractivity contribution in [3.8, 4) is 0 Å². The Morgan fingerprint density at radius 3 is 2.78 bits per heavy atom. The predicted octanol–water partition coefficient (Wildman–Crippen LogP) is 3.15. The number of benzene rings is 1. The predicted molar refractivity (Wildman–Crippen MR) is 111 cm³/mol. The fourth-order valence-electron chi connectivity index (χ4n) is 2.78. The van der Waals surface area contributed by atoms with Crippen LogP contribution in [0.2, 0.25) is 0 Å². The Labute approximate surface area is 163 Å². The molecule has 0 heterocycles. The van der Waals surface area contributed by atoms with Gasteiger partial charge in [-0.1, -0.05) is 32.4 Å². The SMILES string of the molecule is CN=C(NCCCOCC(C)C)NCc1cccc(NC(=O)C2CCC2)c1. The first-order chi connectivity index (χ1) is 13.1. The van der Waals surface area contributed by atoms with E-state index in [1.165, 1.54) is 0 Å². The summed E-state index contributed by atoms with van der Waals surface area (Å²) >= 11 is 0. The van der Waals surface area contributed by atoms with E-state index < -0.39 is 0 Å². The third-order valence-electron chi connectivity index (χ3n) is 4.56. The first-order valence-corrected chi connectivity index (χ1v) is 10.0. The molecule has 0 atom stereocenters. The van der Waals surface area contributed by atoms with Crippen molar-refractivity contribution >= 4 is 17.6 Å². The van der Waals surface area contributed by atoms with Crippen molar-refractivity contribution in [3.63, 3.8) is 0 Å². The third kappa shape index (κ3) is 7.99. The van der Waals surface area contributed by atoms with Crippen LogP contribution in [-0.4, -0.2) is 38.7 Å². The molecule has 2 rings (SSSR count). The molecule has 150 valence electrons. The molecule has 3 N–H and O–H groups in total. The first kappa shape index (κ1) is 21.2. The van der Waals surface area contributed by atoms with Crippen LogP contribution >= 0.6 is 0 Å². The molecule has 27 heavy (non-hydrogen) atoms. The second kappa shape index (κ2) is 11.6. The van der Waals surface area contributed by atoms with Crippen molar-refractivity contribution in [2.45, 2.75) is 46.1 Å². The van der Waals surface area contributed by atoms with Gasteiger partial charge in [0.1, 0.15) is 0 Å². The van der Waals surface area contributed by atoms with Crippen molar-refractivity contribution in [1.82, 2.24) is 10.6 Å². The number of amides is 1. The number of nitrogens with one attached hydrogen (secondary N) is 3. The molecule has 0 radical (unpaired) electrons. The van der Waals surface area contributed by atoms with Gasteiger partial charge in [0.05, 0.1) is 0 Å². The second-order valence-electron chi connectivity index (χ2n) is 7.49. The molecular weight excluding hydrogens is 340 g/mol. The van der Waals surface area contributed by atoms with Crippen LogP contribution in [-0.2, 0) is 16.1 Å². The molecular formula is C21H34N4O2. The fraction of sp³-hybridized carbons (Fsp3) is 0.619. The van der Waals surface area contributed by atoms with Crippen LogP contribution in [0.3, 0.4) is 0 Å².